The van der Waals surface area contributed by atoms with Gasteiger partial charge in [0, 0.05) is 30.4 Å². The molecule has 96 valence electrons. The zero-order chi connectivity index (χ0) is 13.2. The van der Waals surface area contributed by atoms with E-state index in [2.05, 4.69) is 0 Å². The average Bonchev–Trinajstić information content (AvgIpc) is 2.42. The SMILES string of the molecule is O=C1CCCC2=C1C/C(=C/c1ccccc1)C(=O)O2. The first-order valence-electron chi connectivity index (χ1n) is 6.47. The van der Waals surface area contributed by atoms with E-state index in [9.17, 15) is 9.59 Å². The van der Waals surface area contributed by atoms with Crippen LogP contribution in [0.4, 0.5) is 0 Å². The van der Waals surface area contributed by atoms with Crippen molar-refractivity contribution < 1.29 is 14.3 Å². The van der Waals surface area contributed by atoms with Crippen LogP contribution < -0.4 is 0 Å². The van der Waals surface area contributed by atoms with Gasteiger partial charge in [0.05, 0.1) is 0 Å². The highest BCUT2D eigenvalue weighted by Gasteiger charge is 2.30. The molecule has 19 heavy (non-hydrogen) atoms. The molecule has 0 saturated heterocycles. The van der Waals surface area contributed by atoms with Crippen molar-refractivity contribution in [3.63, 3.8) is 0 Å². The Labute approximate surface area is 111 Å². The molecule has 1 heterocycles. The Morgan fingerprint density at radius 3 is 2.63 bits per heavy atom. The summed E-state index contributed by atoms with van der Waals surface area (Å²) in [6.45, 7) is 0. The van der Waals surface area contributed by atoms with Gasteiger partial charge in [0.25, 0.3) is 0 Å². The minimum absolute atomic E-state index is 0.118. The summed E-state index contributed by atoms with van der Waals surface area (Å²) in [6, 6.07) is 9.60. The lowest BCUT2D eigenvalue weighted by Crippen LogP contribution is -2.23. The molecule has 0 radical (unpaired) electrons. The summed E-state index contributed by atoms with van der Waals surface area (Å²) in [7, 11) is 0. The molecule has 1 aliphatic carbocycles. The maximum atomic E-state index is 11.9. The molecule has 1 aromatic carbocycles. The second-order valence-corrected chi connectivity index (χ2v) is 4.83. The van der Waals surface area contributed by atoms with Gasteiger partial charge in [-0.25, -0.2) is 4.79 Å². The van der Waals surface area contributed by atoms with Gasteiger partial charge < -0.3 is 4.74 Å². The van der Waals surface area contributed by atoms with E-state index >= 15 is 0 Å². The average molecular weight is 254 g/mol. The van der Waals surface area contributed by atoms with Gasteiger partial charge in [0.1, 0.15) is 5.76 Å². The number of benzene rings is 1. The molecule has 2 aliphatic rings. The second-order valence-electron chi connectivity index (χ2n) is 4.83. The van der Waals surface area contributed by atoms with Crippen LogP contribution in [0.5, 0.6) is 0 Å². The van der Waals surface area contributed by atoms with Crippen molar-refractivity contribution in [1.82, 2.24) is 0 Å². The van der Waals surface area contributed by atoms with E-state index in [1.165, 1.54) is 0 Å². The van der Waals surface area contributed by atoms with E-state index in [1.54, 1.807) is 6.08 Å². The van der Waals surface area contributed by atoms with Crippen LogP contribution in [0, 0.1) is 0 Å². The topological polar surface area (TPSA) is 43.4 Å². The number of ether oxygens (including phenoxy) is 1. The highest BCUT2D eigenvalue weighted by molar-refractivity contribution is 6.04. The van der Waals surface area contributed by atoms with Gasteiger partial charge >= 0.3 is 5.97 Å². The number of rotatable bonds is 1. The molecule has 0 fully saturated rings. The van der Waals surface area contributed by atoms with E-state index in [0.29, 0.717) is 36.2 Å². The molecule has 0 spiro atoms. The number of hydrogen-bond donors (Lipinski definition) is 0. The van der Waals surface area contributed by atoms with Gasteiger partial charge in [-0.3, -0.25) is 4.79 Å². The van der Waals surface area contributed by atoms with Gasteiger partial charge in [-0.15, -0.1) is 0 Å². The summed E-state index contributed by atoms with van der Waals surface area (Å²) in [5.41, 5.74) is 2.19. The van der Waals surface area contributed by atoms with Crippen LogP contribution in [-0.2, 0) is 14.3 Å². The molecule has 0 unspecified atom stereocenters. The Morgan fingerprint density at radius 1 is 1.05 bits per heavy atom. The fraction of sp³-hybridized carbons (Fsp3) is 0.250. The highest BCUT2D eigenvalue weighted by Crippen LogP contribution is 2.33. The summed E-state index contributed by atoms with van der Waals surface area (Å²) in [5, 5.41) is 0. The first-order chi connectivity index (χ1) is 9.24. The van der Waals surface area contributed by atoms with Crippen LogP contribution in [-0.4, -0.2) is 11.8 Å². The second kappa shape index (κ2) is 4.84. The molecule has 0 bridgehead atoms. The third-order valence-corrected chi connectivity index (χ3v) is 3.47. The van der Waals surface area contributed by atoms with Crippen molar-refractivity contribution in [3.8, 4) is 0 Å². The molecule has 0 amide bonds. The summed E-state index contributed by atoms with van der Waals surface area (Å²) in [4.78, 5) is 23.8. The van der Waals surface area contributed by atoms with E-state index in [0.717, 1.165) is 12.0 Å². The molecule has 1 aromatic rings. The molecule has 3 heteroatoms. The number of allylic oxidation sites excluding steroid dienone is 2. The maximum Gasteiger partial charge on any atom is 0.339 e. The Morgan fingerprint density at radius 2 is 1.84 bits per heavy atom. The third-order valence-electron chi connectivity index (χ3n) is 3.47. The Bertz CT molecular complexity index is 594. The lowest BCUT2D eigenvalue weighted by atomic mass is 9.89. The van der Waals surface area contributed by atoms with Gasteiger partial charge in [0.2, 0.25) is 0 Å². The molecular formula is C16H14O3. The number of Topliss-reactive ketones (excluding diaryl/α,β-unsaturated/α-hetero) is 1. The zero-order valence-electron chi connectivity index (χ0n) is 10.5. The smallest absolute Gasteiger partial charge is 0.339 e. The van der Waals surface area contributed by atoms with Crippen molar-refractivity contribution in [3.05, 3.63) is 52.8 Å². The zero-order valence-corrected chi connectivity index (χ0v) is 10.5. The van der Waals surface area contributed by atoms with Crippen molar-refractivity contribution >= 4 is 17.8 Å². The lowest BCUT2D eigenvalue weighted by Gasteiger charge is -2.24. The van der Waals surface area contributed by atoms with Crippen LogP contribution in [0.2, 0.25) is 0 Å². The summed E-state index contributed by atoms with van der Waals surface area (Å²) in [6.07, 6.45) is 4.25. The number of hydrogen-bond acceptors (Lipinski definition) is 3. The molecule has 0 atom stereocenters. The normalized spacial score (nSPS) is 21.4. The van der Waals surface area contributed by atoms with E-state index in [1.807, 2.05) is 30.3 Å². The first kappa shape index (κ1) is 11.9. The van der Waals surface area contributed by atoms with Crippen molar-refractivity contribution in [2.75, 3.05) is 0 Å². The molecule has 3 nitrogen and oxygen atoms in total. The van der Waals surface area contributed by atoms with Crippen LogP contribution in [0.15, 0.2) is 47.2 Å². The quantitative estimate of drug-likeness (QED) is 0.571. The number of esters is 1. The van der Waals surface area contributed by atoms with Crippen LogP contribution in [0.25, 0.3) is 6.08 Å². The predicted molar refractivity (Wildman–Crippen MR) is 71.0 cm³/mol. The molecule has 0 N–H and O–H groups in total. The Balaban J connectivity index is 1.93. The minimum atomic E-state index is -0.322. The third kappa shape index (κ3) is 2.36. The van der Waals surface area contributed by atoms with Crippen LogP contribution in [0.1, 0.15) is 31.2 Å². The summed E-state index contributed by atoms with van der Waals surface area (Å²) in [5.74, 6) is 0.386. The van der Waals surface area contributed by atoms with Crippen LogP contribution in [0.3, 0.4) is 0 Å². The van der Waals surface area contributed by atoms with E-state index in [-0.39, 0.29) is 11.8 Å². The monoisotopic (exact) mass is 254 g/mol. The lowest BCUT2D eigenvalue weighted by molar-refractivity contribution is -0.136. The van der Waals surface area contributed by atoms with Gasteiger partial charge in [-0.1, -0.05) is 30.3 Å². The number of carbonyl (C=O) groups excluding carboxylic acids is 2. The van der Waals surface area contributed by atoms with Gasteiger partial charge in [-0.2, -0.15) is 0 Å². The number of carbonyl (C=O) groups is 2. The van der Waals surface area contributed by atoms with Gasteiger partial charge in [0.15, 0.2) is 5.78 Å². The Hall–Kier alpha value is -2.16. The first-order valence-corrected chi connectivity index (χ1v) is 6.47. The molecule has 3 rings (SSSR count). The Kier molecular flexibility index (Phi) is 3.03. The van der Waals surface area contributed by atoms with E-state index < -0.39 is 0 Å². The summed E-state index contributed by atoms with van der Waals surface area (Å²) >= 11 is 0. The molecule has 0 aromatic heterocycles. The standard InChI is InChI=1S/C16H14O3/c17-14-7-4-8-15-13(14)10-12(16(18)19-15)9-11-5-2-1-3-6-11/h1-3,5-6,9H,4,7-8,10H2/b12-9-. The fourth-order valence-corrected chi connectivity index (χ4v) is 2.48. The molecular weight excluding hydrogens is 240 g/mol. The maximum absolute atomic E-state index is 11.9. The van der Waals surface area contributed by atoms with Crippen molar-refractivity contribution in [2.45, 2.75) is 25.7 Å². The number of ketones is 1. The molecule has 0 saturated carbocycles. The largest absolute Gasteiger partial charge is 0.427 e. The van der Waals surface area contributed by atoms with Crippen molar-refractivity contribution in [2.24, 2.45) is 0 Å². The minimum Gasteiger partial charge on any atom is -0.427 e. The van der Waals surface area contributed by atoms with Crippen molar-refractivity contribution in [1.29, 1.82) is 0 Å². The van der Waals surface area contributed by atoms with Gasteiger partial charge in [-0.05, 0) is 18.1 Å². The summed E-state index contributed by atoms with van der Waals surface area (Å²) < 4.78 is 5.30. The molecule has 1 aliphatic heterocycles. The predicted octanol–water partition coefficient (Wildman–Crippen LogP) is 3.02. The fourth-order valence-electron chi connectivity index (χ4n) is 2.48. The van der Waals surface area contributed by atoms with Crippen LogP contribution >= 0.6 is 0 Å². The highest BCUT2D eigenvalue weighted by atomic mass is 16.5. The van der Waals surface area contributed by atoms with E-state index in [4.69, 9.17) is 4.74 Å².